The van der Waals surface area contributed by atoms with Gasteiger partial charge < -0.3 is 9.84 Å². The molecule has 0 amide bonds. The molecule has 4 heteroatoms. The molecule has 0 aliphatic carbocycles. The SMILES string of the molecule is C=CCNC(COC)(C(=O)O)c1ccccc1. The molecule has 0 radical (unpaired) electrons. The van der Waals surface area contributed by atoms with E-state index in [1.807, 2.05) is 6.07 Å². The Hall–Kier alpha value is -1.65. The molecule has 0 spiro atoms. The van der Waals surface area contributed by atoms with Crippen molar-refractivity contribution in [2.45, 2.75) is 5.54 Å². The van der Waals surface area contributed by atoms with Gasteiger partial charge in [0.05, 0.1) is 6.61 Å². The number of carboxylic acids is 1. The summed E-state index contributed by atoms with van der Waals surface area (Å²) in [4.78, 5) is 11.5. The fraction of sp³-hybridized carbons (Fsp3) is 0.308. The monoisotopic (exact) mass is 235 g/mol. The van der Waals surface area contributed by atoms with Crippen LogP contribution in [0.4, 0.5) is 0 Å². The molecular weight excluding hydrogens is 218 g/mol. The van der Waals surface area contributed by atoms with E-state index in [2.05, 4.69) is 11.9 Å². The molecule has 1 atom stereocenters. The Bertz CT molecular complexity index is 378. The van der Waals surface area contributed by atoms with Crippen molar-refractivity contribution >= 4 is 5.97 Å². The highest BCUT2D eigenvalue weighted by atomic mass is 16.5. The molecule has 1 aromatic rings. The molecule has 0 saturated heterocycles. The lowest BCUT2D eigenvalue weighted by molar-refractivity contribution is -0.147. The van der Waals surface area contributed by atoms with Crippen molar-refractivity contribution in [2.75, 3.05) is 20.3 Å². The molecule has 0 aromatic heterocycles. The fourth-order valence-corrected chi connectivity index (χ4v) is 1.68. The van der Waals surface area contributed by atoms with Gasteiger partial charge in [-0.2, -0.15) is 0 Å². The Morgan fingerprint density at radius 1 is 1.53 bits per heavy atom. The predicted molar refractivity (Wildman–Crippen MR) is 65.8 cm³/mol. The van der Waals surface area contributed by atoms with Crippen molar-refractivity contribution in [2.24, 2.45) is 0 Å². The van der Waals surface area contributed by atoms with Crippen molar-refractivity contribution in [1.82, 2.24) is 5.32 Å². The summed E-state index contributed by atoms with van der Waals surface area (Å²) in [6, 6.07) is 8.99. The number of benzene rings is 1. The average molecular weight is 235 g/mol. The summed E-state index contributed by atoms with van der Waals surface area (Å²) in [7, 11) is 1.48. The van der Waals surface area contributed by atoms with Gasteiger partial charge >= 0.3 is 5.97 Å². The molecule has 0 heterocycles. The van der Waals surface area contributed by atoms with E-state index >= 15 is 0 Å². The molecular formula is C13H17NO3. The van der Waals surface area contributed by atoms with Crippen LogP contribution in [-0.2, 0) is 15.1 Å². The average Bonchev–Trinajstić information content (AvgIpc) is 2.35. The highest BCUT2D eigenvalue weighted by Crippen LogP contribution is 2.22. The van der Waals surface area contributed by atoms with Crippen molar-refractivity contribution in [1.29, 1.82) is 0 Å². The Kier molecular flexibility index (Phi) is 4.87. The minimum Gasteiger partial charge on any atom is -0.480 e. The molecule has 1 rings (SSSR count). The number of hydrogen-bond acceptors (Lipinski definition) is 3. The first-order chi connectivity index (χ1) is 8.17. The summed E-state index contributed by atoms with van der Waals surface area (Å²) >= 11 is 0. The topological polar surface area (TPSA) is 58.6 Å². The van der Waals surface area contributed by atoms with Crippen LogP contribution in [0.15, 0.2) is 43.0 Å². The Labute approximate surface area is 101 Å². The maximum Gasteiger partial charge on any atom is 0.331 e. The van der Waals surface area contributed by atoms with Crippen molar-refractivity contribution in [3.05, 3.63) is 48.6 Å². The summed E-state index contributed by atoms with van der Waals surface area (Å²) in [6.45, 7) is 4.03. The number of ether oxygens (including phenoxy) is 1. The maximum absolute atomic E-state index is 11.5. The first kappa shape index (κ1) is 13.4. The van der Waals surface area contributed by atoms with Crippen LogP contribution in [0.5, 0.6) is 0 Å². The quantitative estimate of drug-likeness (QED) is 0.701. The van der Waals surface area contributed by atoms with Crippen LogP contribution in [0.2, 0.25) is 0 Å². The lowest BCUT2D eigenvalue weighted by Gasteiger charge is -2.30. The molecule has 1 aromatic carbocycles. The van der Waals surface area contributed by atoms with Crippen LogP contribution >= 0.6 is 0 Å². The number of rotatable bonds is 7. The number of hydrogen-bond donors (Lipinski definition) is 2. The molecule has 4 nitrogen and oxygen atoms in total. The van der Waals surface area contributed by atoms with E-state index in [0.29, 0.717) is 12.1 Å². The zero-order valence-corrected chi connectivity index (χ0v) is 9.85. The highest BCUT2D eigenvalue weighted by molar-refractivity contribution is 5.81. The van der Waals surface area contributed by atoms with E-state index in [4.69, 9.17) is 4.74 Å². The zero-order chi connectivity index (χ0) is 12.7. The van der Waals surface area contributed by atoms with E-state index in [9.17, 15) is 9.90 Å². The molecule has 0 fully saturated rings. The van der Waals surface area contributed by atoms with Crippen LogP contribution in [0.3, 0.4) is 0 Å². The largest absolute Gasteiger partial charge is 0.480 e. The molecule has 0 bridgehead atoms. The van der Waals surface area contributed by atoms with Crippen LogP contribution in [0.1, 0.15) is 5.56 Å². The van der Waals surface area contributed by atoms with Crippen LogP contribution in [0.25, 0.3) is 0 Å². The van der Waals surface area contributed by atoms with Crippen LogP contribution in [0, 0.1) is 0 Å². The third-order valence-electron chi connectivity index (χ3n) is 2.54. The van der Waals surface area contributed by atoms with Gasteiger partial charge in [-0.25, -0.2) is 4.79 Å². The first-order valence-corrected chi connectivity index (χ1v) is 5.31. The third-order valence-corrected chi connectivity index (χ3v) is 2.54. The van der Waals surface area contributed by atoms with Gasteiger partial charge in [0.15, 0.2) is 5.54 Å². The van der Waals surface area contributed by atoms with Gasteiger partial charge in [0.25, 0.3) is 0 Å². The van der Waals surface area contributed by atoms with E-state index in [1.165, 1.54) is 7.11 Å². The molecule has 0 aliphatic heterocycles. The lowest BCUT2D eigenvalue weighted by atomic mass is 9.90. The van der Waals surface area contributed by atoms with E-state index < -0.39 is 11.5 Å². The van der Waals surface area contributed by atoms with Crippen molar-refractivity contribution in [3.8, 4) is 0 Å². The molecule has 92 valence electrons. The summed E-state index contributed by atoms with van der Waals surface area (Å²) in [5.74, 6) is -0.965. The number of aliphatic carboxylic acids is 1. The number of methoxy groups -OCH3 is 1. The standard InChI is InChI=1S/C13H17NO3/c1-3-9-14-13(10-17-2,12(15)16)11-7-5-4-6-8-11/h3-8,14H,1,9-10H2,2H3,(H,15,16). The second kappa shape index (κ2) is 6.18. The smallest absolute Gasteiger partial charge is 0.331 e. The summed E-state index contributed by atoms with van der Waals surface area (Å²) < 4.78 is 5.04. The van der Waals surface area contributed by atoms with E-state index in [0.717, 1.165) is 0 Å². The van der Waals surface area contributed by atoms with Gasteiger partial charge in [0.1, 0.15) is 0 Å². The van der Waals surface area contributed by atoms with Gasteiger partial charge in [0, 0.05) is 13.7 Å². The second-order valence-corrected chi connectivity index (χ2v) is 3.68. The molecule has 0 saturated carbocycles. The summed E-state index contributed by atoms with van der Waals surface area (Å²) in [5.41, 5.74) is -0.569. The first-order valence-electron chi connectivity index (χ1n) is 5.31. The van der Waals surface area contributed by atoms with Gasteiger partial charge in [0.2, 0.25) is 0 Å². The van der Waals surface area contributed by atoms with Gasteiger partial charge in [-0.15, -0.1) is 6.58 Å². The molecule has 2 N–H and O–H groups in total. The van der Waals surface area contributed by atoms with Crippen LogP contribution in [-0.4, -0.2) is 31.3 Å². The third kappa shape index (κ3) is 2.93. The minimum atomic E-state index is -1.23. The molecule has 17 heavy (non-hydrogen) atoms. The number of nitrogens with one attached hydrogen (secondary N) is 1. The minimum absolute atomic E-state index is 0.0557. The number of carbonyl (C=O) groups is 1. The van der Waals surface area contributed by atoms with Crippen molar-refractivity contribution < 1.29 is 14.6 Å². The second-order valence-electron chi connectivity index (χ2n) is 3.68. The molecule has 0 aliphatic rings. The fourth-order valence-electron chi connectivity index (χ4n) is 1.68. The summed E-state index contributed by atoms with van der Waals surface area (Å²) in [5, 5.41) is 12.4. The van der Waals surface area contributed by atoms with Crippen molar-refractivity contribution in [3.63, 3.8) is 0 Å². The van der Waals surface area contributed by atoms with Gasteiger partial charge in [-0.05, 0) is 5.56 Å². The summed E-state index contributed by atoms with van der Waals surface area (Å²) in [6.07, 6.45) is 1.62. The molecule has 1 unspecified atom stereocenters. The van der Waals surface area contributed by atoms with Gasteiger partial charge in [-0.1, -0.05) is 36.4 Å². The Morgan fingerprint density at radius 3 is 2.65 bits per heavy atom. The van der Waals surface area contributed by atoms with E-state index in [1.54, 1.807) is 30.3 Å². The maximum atomic E-state index is 11.5. The highest BCUT2D eigenvalue weighted by Gasteiger charge is 2.39. The van der Waals surface area contributed by atoms with Gasteiger partial charge in [-0.3, -0.25) is 5.32 Å². The Balaban J connectivity index is 3.14. The predicted octanol–water partition coefficient (Wildman–Crippen LogP) is 1.39. The van der Waals surface area contributed by atoms with E-state index in [-0.39, 0.29) is 6.61 Å². The zero-order valence-electron chi connectivity index (χ0n) is 9.85. The normalized spacial score (nSPS) is 13.9. The lowest BCUT2D eigenvalue weighted by Crippen LogP contribution is -2.52. The Morgan fingerprint density at radius 2 is 2.18 bits per heavy atom. The van der Waals surface area contributed by atoms with Crippen LogP contribution < -0.4 is 5.32 Å². The number of carboxylic acid groups (broad SMARTS) is 1.